The predicted octanol–water partition coefficient (Wildman–Crippen LogP) is 5.79. The van der Waals surface area contributed by atoms with E-state index in [1.54, 1.807) is 6.07 Å². The van der Waals surface area contributed by atoms with Gasteiger partial charge in [-0.05, 0) is 60.6 Å². The summed E-state index contributed by atoms with van der Waals surface area (Å²) in [7, 11) is 0. The molecule has 3 heteroatoms. The van der Waals surface area contributed by atoms with Gasteiger partial charge in [0.25, 0.3) is 0 Å². The molecule has 0 radical (unpaired) electrons. The maximum atomic E-state index is 14.3. The number of aliphatic imine (C=N–C) groups is 1. The first kappa shape index (κ1) is 18.9. The quantitative estimate of drug-likeness (QED) is 0.700. The lowest BCUT2D eigenvalue weighted by atomic mass is 9.80. The third-order valence-corrected chi connectivity index (χ3v) is 4.49. The minimum absolute atomic E-state index is 0.216. The maximum absolute atomic E-state index is 14.3. The Morgan fingerprint density at radius 3 is 2.56 bits per heavy atom. The van der Waals surface area contributed by atoms with Gasteiger partial charge >= 0.3 is 0 Å². The van der Waals surface area contributed by atoms with E-state index in [4.69, 9.17) is 5.73 Å². The highest BCUT2D eigenvalue weighted by Gasteiger charge is 2.24. The molecule has 0 aliphatic heterocycles. The molecule has 0 amide bonds. The molecule has 1 aromatic rings. The van der Waals surface area contributed by atoms with Gasteiger partial charge in [-0.15, -0.1) is 0 Å². The molecule has 132 valence electrons. The van der Waals surface area contributed by atoms with E-state index in [-0.39, 0.29) is 11.6 Å². The predicted molar refractivity (Wildman–Crippen MR) is 106 cm³/mol. The van der Waals surface area contributed by atoms with Crippen molar-refractivity contribution in [1.29, 1.82) is 0 Å². The fourth-order valence-electron chi connectivity index (χ4n) is 3.26. The van der Waals surface area contributed by atoms with Crippen LogP contribution < -0.4 is 5.73 Å². The van der Waals surface area contributed by atoms with E-state index in [2.05, 4.69) is 31.5 Å². The van der Waals surface area contributed by atoms with Gasteiger partial charge in [-0.25, -0.2) is 9.38 Å². The Hall–Kier alpha value is -2.42. The Balaban J connectivity index is 2.64. The Labute approximate surface area is 150 Å². The standard InChI is InChI=1S/C22H27FN2/c1-5-10-16(6-2)20-14-18(19-11-8-9-12-21(19)23)13-17(7-3)22(20)25-15(4)24/h7-9,11-14,16H,4-6,10,24H2,1-3H3/b17-7-,25-22?. The van der Waals surface area contributed by atoms with E-state index in [1.807, 2.05) is 31.2 Å². The van der Waals surface area contributed by atoms with Crippen LogP contribution in [0.2, 0.25) is 0 Å². The lowest BCUT2D eigenvalue weighted by molar-refractivity contribution is 0.549. The molecule has 2 N–H and O–H groups in total. The number of halogens is 1. The van der Waals surface area contributed by atoms with Crippen LogP contribution in [0.1, 0.15) is 45.6 Å². The van der Waals surface area contributed by atoms with Crippen LogP contribution in [0.25, 0.3) is 5.57 Å². The lowest BCUT2D eigenvalue weighted by Gasteiger charge is -2.25. The number of allylic oxidation sites excluding steroid dienone is 6. The van der Waals surface area contributed by atoms with Crippen LogP contribution in [0.5, 0.6) is 0 Å². The van der Waals surface area contributed by atoms with Gasteiger partial charge in [0, 0.05) is 5.56 Å². The summed E-state index contributed by atoms with van der Waals surface area (Å²) in [6, 6.07) is 6.87. The fourth-order valence-corrected chi connectivity index (χ4v) is 3.26. The van der Waals surface area contributed by atoms with Crippen LogP contribution in [0.15, 0.2) is 71.0 Å². The summed E-state index contributed by atoms with van der Waals surface area (Å²) >= 11 is 0. The van der Waals surface area contributed by atoms with Crippen molar-refractivity contribution in [2.24, 2.45) is 16.6 Å². The smallest absolute Gasteiger partial charge is 0.131 e. The van der Waals surface area contributed by atoms with Crippen molar-refractivity contribution >= 4 is 11.3 Å². The maximum Gasteiger partial charge on any atom is 0.131 e. The summed E-state index contributed by atoms with van der Waals surface area (Å²) in [5.74, 6) is 0.426. The average Bonchev–Trinajstić information content (AvgIpc) is 2.60. The second kappa shape index (κ2) is 8.61. The van der Waals surface area contributed by atoms with E-state index in [1.165, 1.54) is 6.07 Å². The molecule has 0 spiro atoms. The molecule has 1 aliphatic carbocycles. The van der Waals surface area contributed by atoms with Crippen molar-refractivity contribution in [1.82, 2.24) is 0 Å². The van der Waals surface area contributed by atoms with Crippen LogP contribution in [0.4, 0.5) is 4.39 Å². The molecule has 25 heavy (non-hydrogen) atoms. The molecule has 1 atom stereocenters. The van der Waals surface area contributed by atoms with Crippen molar-refractivity contribution < 1.29 is 4.39 Å². The number of hydrogen-bond acceptors (Lipinski definition) is 2. The Morgan fingerprint density at radius 2 is 2.00 bits per heavy atom. The summed E-state index contributed by atoms with van der Waals surface area (Å²) < 4.78 is 14.3. The molecular formula is C22H27FN2. The Kier molecular flexibility index (Phi) is 6.51. The first-order valence-corrected chi connectivity index (χ1v) is 8.90. The molecule has 1 aliphatic rings. The third kappa shape index (κ3) is 4.36. The van der Waals surface area contributed by atoms with E-state index < -0.39 is 0 Å². The zero-order valence-corrected chi connectivity index (χ0v) is 15.3. The van der Waals surface area contributed by atoms with Crippen molar-refractivity contribution in [3.05, 3.63) is 77.4 Å². The van der Waals surface area contributed by atoms with Crippen molar-refractivity contribution in [2.75, 3.05) is 0 Å². The normalized spacial score (nSPS) is 18.9. The summed E-state index contributed by atoms with van der Waals surface area (Å²) in [5.41, 5.74) is 10.2. The molecule has 0 saturated heterocycles. The number of nitrogens with two attached hydrogens (primary N) is 1. The number of rotatable bonds is 6. The average molecular weight is 338 g/mol. The molecule has 0 fully saturated rings. The van der Waals surface area contributed by atoms with Gasteiger partial charge in [-0.1, -0.05) is 51.1 Å². The minimum Gasteiger partial charge on any atom is -0.384 e. The van der Waals surface area contributed by atoms with Gasteiger partial charge in [0.05, 0.1) is 5.71 Å². The first-order valence-electron chi connectivity index (χ1n) is 8.90. The molecule has 0 bridgehead atoms. The Morgan fingerprint density at radius 1 is 1.28 bits per heavy atom. The fraction of sp³-hybridized carbons (Fsp3) is 0.318. The van der Waals surface area contributed by atoms with Crippen molar-refractivity contribution in [3.8, 4) is 0 Å². The second-order valence-electron chi connectivity index (χ2n) is 6.27. The Bertz CT molecular complexity index is 766. The van der Waals surface area contributed by atoms with Crippen LogP contribution >= 0.6 is 0 Å². The van der Waals surface area contributed by atoms with E-state index in [9.17, 15) is 4.39 Å². The monoisotopic (exact) mass is 338 g/mol. The number of hydrogen-bond donors (Lipinski definition) is 1. The van der Waals surface area contributed by atoms with Crippen molar-refractivity contribution in [3.63, 3.8) is 0 Å². The third-order valence-electron chi connectivity index (χ3n) is 4.49. The van der Waals surface area contributed by atoms with E-state index in [0.717, 1.165) is 41.7 Å². The summed E-state index contributed by atoms with van der Waals surface area (Å²) in [6.45, 7) is 10.0. The van der Waals surface area contributed by atoms with Gasteiger partial charge in [0.2, 0.25) is 0 Å². The topological polar surface area (TPSA) is 38.4 Å². The van der Waals surface area contributed by atoms with Gasteiger partial charge in [0.15, 0.2) is 0 Å². The second-order valence-corrected chi connectivity index (χ2v) is 6.27. The number of benzene rings is 1. The lowest BCUT2D eigenvalue weighted by Crippen LogP contribution is -2.19. The van der Waals surface area contributed by atoms with Gasteiger partial charge in [-0.3, -0.25) is 0 Å². The summed E-state index contributed by atoms with van der Waals surface area (Å²) in [5, 5.41) is 0. The molecule has 0 aromatic heterocycles. The van der Waals surface area contributed by atoms with Crippen LogP contribution in [-0.4, -0.2) is 5.71 Å². The van der Waals surface area contributed by atoms with Gasteiger partial charge in [0.1, 0.15) is 11.6 Å². The van der Waals surface area contributed by atoms with Crippen molar-refractivity contribution in [2.45, 2.75) is 40.0 Å². The molecule has 1 aromatic carbocycles. The molecular weight excluding hydrogens is 311 g/mol. The first-order chi connectivity index (χ1) is 12.0. The van der Waals surface area contributed by atoms with Gasteiger partial charge in [-0.2, -0.15) is 0 Å². The van der Waals surface area contributed by atoms with E-state index in [0.29, 0.717) is 11.5 Å². The SMILES string of the molecule is C=C(N)N=C1C(C(CC)CCC)=CC(c2ccccc2F)=C/C1=C/C. The highest BCUT2D eigenvalue weighted by atomic mass is 19.1. The van der Waals surface area contributed by atoms with E-state index >= 15 is 0 Å². The molecule has 2 rings (SSSR count). The summed E-state index contributed by atoms with van der Waals surface area (Å²) in [4.78, 5) is 4.50. The van der Waals surface area contributed by atoms with Crippen LogP contribution in [0.3, 0.4) is 0 Å². The van der Waals surface area contributed by atoms with Crippen LogP contribution in [-0.2, 0) is 0 Å². The number of nitrogens with zero attached hydrogens (tertiary/aromatic N) is 1. The minimum atomic E-state index is -0.216. The van der Waals surface area contributed by atoms with Crippen LogP contribution in [0, 0.1) is 11.7 Å². The summed E-state index contributed by atoms with van der Waals surface area (Å²) in [6.07, 6.45) is 9.17. The molecule has 2 nitrogen and oxygen atoms in total. The zero-order chi connectivity index (χ0) is 18.4. The van der Waals surface area contributed by atoms with Gasteiger partial charge < -0.3 is 5.73 Å². The zero-order valence-electron chi connectivity index (χ0n) is 15.3. The largest absolute Gasteiger partial charge is 0.384 e. The molecule has 1 unspecified atom stereocenters. The molecule has 0 saturated carbocycles. The highest BCUT2D eigenvalue weighted by Crippen LogP contribution is 2.34. The highest BCUT2D eigenvalue weighted by molar-refractivity contribution is 6.19. The molecule has 0 heterocycles.